The van der Waals surface area contributed by atoms with E-state index in [4.69, 9.17) is 4.74 Å². The van der Waals surface area contributed by atoms with Gasteiger partial charge in [-0.05, 0) is 56.3 Å². The van der Waals surface area contributed by atoms with Gasteiger partial charge in [0.05, 0.1) is 6.04 Å². The molecule has 0 spiro atoms. The Balaban J connectivity index is 1.80. The van der Waals surface area contributed by atoms with Crippen molar-refractivity contribution in [3.8, 4) is 5.75 Å². The van der Waals surface area contributed by atoms with Gasteiger partial charge in [0, 0.05) is 13.1 Å². The molecule has 1 N–H and O–H groups in total. The Morgan fingerprint density at radius 1 is 1.17 bits per heavy atom. The summed E-state index contributed by atoms with van der Waals surface area (Å²) in [4.78, 5) is 2.14. The van der Waals surface area contributed by atoms with Crippen molar-refractivity contribution in [3.05, 3.63) is 64.7 Å². The lowest BCUT2D eigenvalue weighted by atomic mass is 9.89. The molecule has 1 aliphatic heterocycles. The molecule has 0 amide bonds. The second-order valence-electron chi connectivity index (χ2n) is 6.56. The van der Waals surface area contributed by atoms with Crippen LogP contribution in [0.15, 0.2) is 42.5 Å². The predicted octanol–water partition coefficient (Wildman–Crippen LogP) is 3.17. The summed E-state index contributed by atoms with van der Waals surface area (Å²) in [5.41, 5.74) is 5.42. The summed E-state index contributed by atoms with van der Waals surface area (Å²) in [7, 11) is 4.13. The Morgan fingerprint density at radius 3 is 2.83 bits per heavy atom. The number of aryl methyl sites for hydroxylation is 1. The second kappa shape index (κ2) is 7.16. The molecule has 0 fully saturated rings. The highest BCUT2D eigenvalue weighted by molar-refractivity contribution is 5.44. The van der Waals surface area contributed by atoms with Crippen molar-refractivity contribution < 1.29 is 4.74 Å². The van der Waals surface area contributed by atoms with Crippen LogP contribution in [0.5, 0.6) is 5.75 Å². The normalized spacial score (nSPS) is 17.1. The van der Waals surface area contributed by atoms with Crippen molar-refractivity contribution in [3.63, 3.8) is 0 Å². The average molecular weight is 310 g/mol. The van der Waals surface area contributed by atoms with Crippen LogP contribution in [0.25, 0.3) is 0 Å². The molecule has 1 atom stereocenters. The van der Waals surface area contributed by atoms with E-state index < -0.39 is 0 Å². The Morgan fingerprint density at radius 2 is 2.04 bits per heavy atom. The zero-order valence-electron chi connectivity index (χ0n) is 14.3. The molecule has 1 heterocycles. The molecule has 23 heavy (non-hydrogen) atoms. The molecule has 3 heteroatoms. The van der Waals surface area contributed by atoms with Gasteiger partial charge in [0.1, 0.15) is 12.4 Å². The van der Waals surface area contributed by atoms with Crippen molar-refractivity contribution in [1.82, 2.24) is 10.2 Å². The molecule has 0 saturated heterocycles. The van der Waals surface area contributed by atoms with Crippen molar-refractivity contribution in [2.45, 2.75) is 19.4 Å². The first-order valence-electron chi connectivity index (χ1n) is 8.34. The molecule has 3 rings (SSSR count). The summed E-state index contributed by atoms with van der Waals surface area (Å²) < 4.78 is 5.88. The molecule has 2 aromatic rings. The lowest BCUT2D eigenvalue weighted by Crippen LogP contribution is -2.30. The van der Waals surface area contributed by atoms with E-state index in [1.165, 1.54) is 22.3 Å². The van der Waals surface area contributed by atoms with Crippen LogP contribution < -0.4 is 10.1 Å². The number of fused-ring (bicyclic) bond motifs is 1. The molecule has 0 bridgehead atoms. The van der Waals surface area contributed by atoms with Crippen molar-refractivity contribution in [2.75, 3.05) is 33.8 Å². The van der Waals surface area contributed by atoms with E-state index >= 15 is 0 Å². The van der Waals surface area contributed by atoms with Crippen molar-refractivity contribution >= 4 is 0 Å². The SMILES string of the molecule is Cc1cccc(C2NCCc3cc(OCCN(C)C)ccc32)c1. The summed E-state index contributed by atoms with van der Waals surface area (Å²) in [6.07, 6.45) is 1.06. The number of hydrogen-bond donors (Lipinski definition) is 1. The third-order valence-electron chi connectivity index (χ3n) is 4.35. The minimum atomic E-state index is 0.287. The molecule has 0 aromatic heterocycles. The summed E-state index contributed by atoms with van der Waals surface area (Å²) in [6, 6.07) is 15.6. The lowest BCUT2D eigenvalue weighted by molar-refractivity contribution is 0.261. The van der Waals surface area contributed by atoms with Gasteiger partial charge in [-0.25, -0.2) is 0 Å². The molecule has 1 aliphatic rings. The van der Waals surface area contributed by atoms with E-state index in [1.54, 1.807) is 0 Å². The fourth-order valence-corrected chi connectivity index (χ4v) is 3.12. The van der Waals surface area contributed by atoms with Gasteiger partial charge in [-0.15, -0.1) is 0 Å². The van der Waals surface area contributed by atoms with E-state index in [2.05, 4.69) is 73.7 Å². The summed E-state index contributed by atoms with van der Waals surface area (Å²) in [5.74, 6) is 0.982. The number of benzene rings is 2. The number of likely N-dealkylation sites (N-methyl/N-ethyl adjacent to an activating group) is 1. The maximum absolute atomic E-state index is 5.88. The van der Waals surface area contributed by atoms with Crippen LogP contribution in [0.1, 0.15) is 28.3 Å². The van der Waals surface area contributed by atoms with Crippen LogP contribution >= 0.6 is 0 Å². The average Bonchev–Trinajstić information content (AvgIpc) is 2.54. The molecule has 3 nitrogen and oxygen atoms in total. The zero-order valence-corrected chi connectivity index (χ0v) is 14.3. The highest BCUT2D eigenvalue weighted by Gasteiger charge is 2.21. The van der Waals surface area contributed by atoms with E-state index in [9.17, 15) is 0 Å². The van der Waals surface area contributed by atoms with Gasteiger partial charge < -0.3 is 15.0 Å². The fraction of sp³-hybridized carbons (Fsp3) is 0.400. The first kappa shape index (κ1) is 16.0. The first-order chi connectivity index (χ1) is 11.1. The van der Waals surface area contributed by atoms with Crippen molar-refractivity contribution in [2.24, 2.45) is 0 Å². The minimum Gasteiger partial charge on any atom is -0.492 e. The van der Waals surface area contributed by atoms with Crippen LogP contribution in [0.3, 0.4) is 0 Å². The van der Waals surface area contributed by atoms with E-state index in [-0.39, 0.29) is 6.04 Å². The number of ether oxygens (including phenoxy) is 1. The minimum absolute atomic E-state index is 0.287. The zero-order chi connectivity index (χ0) is 16.2. The van der Waals surface area contributed by atoms with Gasteiger partial charge in [0.15, 0.2) is 0 Å². The van der Waals surface area contributed by atoms with Gasteiger partial charge in [-0.2, -0.15) is 0 Å². The maximum Gasteiger partial charge on any atom is 0.119 e. The molecule has 2 aromatic carbocycles. The monoisotopic (exact) mass is 310 g/mol. The maximum atomic E-state index is 5.88. The third-order valence-corrected chi connectivity index (χ3v) is 4.35. The number of hydrogen-bond acceptors (Lipinski definition) is 3. The van der Waals surface area contributed by atoms with Gasteiger partial charge in [-0.3, -0.25) is 0 Å². The van der Waals surface area contributed by atoms with Gasteiger partial charge >= 0.3 is 0 Å². The number of nitrogens with zero attached hydrogens (tertiary/aromatic N) is 1. The largest absolute Gasteiger partial charge is 0.492 e. The summed E-state index contributed by atoms with van der Waals surface area (Å²) >= 11 is 0. The lowest BCUT2D eigenvalue weighted by Gasteiger charge is -2.28. The van der Waals surface area contributed by atoms with Crippen molar-refractivity contribution in [1.29, 1.82) is 0 Å². The molecule has 0 aliphatic carbocycles. The van der Waals surface area contributed by atoms with E-state index in [1.807, 2.05) is 0 Å². The molecule has 0 radical (unpaired) electrons. The van der Waals surface area contributed by atoms with Crippen LogP contribution in [-0.2, 0) is 6.42 Å². The quantitative estimate of drug-likeness (QED) is 0.918. The van der Waals surface area contributed by atoms with E-state index in [0.717, 1.165) is 31.9 Å². The van der Waals surface area contributed by atoms with Crippen LogP contribution in [0, 0.1) is 6.92 Å². The first-order valence-corrected chi connectivity index (χ1v) is 8.34. The van der Waals surface area contributed by atoms with Gasteiger partial charge in [0.25, 0.3) is 0 Å². The topological polar surface area (TPSA) is 24.5 Å². The second-order valence-corrected chi connectivity index (χ2v) is 6.56. The molecule has 0 saturated carbocycles. The Kier molecular flexibility index (Phi) is 4.99. The highest BCUT2D eigenvalue weighted by atomic mass is 16.5. The van der Waals surface area contributed by atoms with Gasteiger partial charge in [-0.1, -0.05) is 35.9 Å². The Hall–Kier alpha value is -1.84. The van der Waals surface area contributed by atoms with Crippen LogP contribution in [-0.4, -0.2) is 38.7 Å². The summed E-state index contributed by atoms with van der Waals surface area (Å²) in [6.45, 7) is 4.82. The van der Waals surface area contributed by atoms with Crippen LogP contribution in [0.2, 0.25) is 0 Å². The Labute approximate surface area is 139 Å². The highest BCUT2D eigenvalue weighted by Crippen LogP contribution is 2.31. The molecular formula is C20H26N2O. The third kappa shape index (κ3) is 3.92. The fourth-order valence-electron chi connectivity index (χ4n) is 3.12. The van der Waals surface area contributed by atoms with E-state index in [0.29, 0.717) is 0 Å². The molecule has 122 valence electrons. The Bertz CT molecular complexity index is 666. The standard InChI is InChI=1S/C20H26N2O/c1-15-5-4-6-17(13-15)20-19-8-7-18(23-12-11-22(2)3)14-16(19)9-10-21-20/h4-8,13-14,20-21H,9-12H2,1-3H3. The molecule has 1 unspecified atom stereocenters. The van der Waals surface area contributed by atoms with Gasteiger partial charge in [0.2, 0.25) is 0 Å². The number of nitrogens with one attached hydrogen (secondary N) is 1. The molecular weight excluding hydrogens is 284 g/mol. The van der Waals surface area contributed by atoms with Crippen LogP contribution in [0.4, 0.5) is 0 Å². The predicted molar refractivity (Wildman–Crippen MR) is 95.2 cm³/mol. The smallest absolute Gasteiger partial charge is 0.119 e. The number of rotatable bonds is 5. The summed E-state index contributed by atoms with van der Waals surface area (Å²) in [5, 5.41) is 3.65.